The minimum atomic E-state index is -4.12. The summed E-state index contributed by atoms with van der Waals surface area (Å²) in [5.41, 5.74) is 1.65. The highest BCUT2D eigenvalue weighted by molar-refractivity contribution is 9.10. The van der Waals surface area contributed by atoms with Gasteiger partial charge in [0.1, 0.15) is 0 Å². The molecule has 0 aromatic heterocycles. The van der Waals surface area contributed by atoms with Gasteiger partial charge in [-0.15, -0.1) is 11.6 Å². The first-order chi connectivity index (χ1) is 7.83. The molecule has 1 rings (SSSR count). The summed E-state index contributed by atoms with van der Waals surface area (Å²) in [5.74, 6) is 0.368. The molecule has 0 bridgehead atoms. The highest BCUT2D eigenvalue weighted by atomic mass is 79.9. The normalized spacial score (nSPS) is 11.6. The lowest BCUT2D eigenvalue weighted by Gasteiger charge is -2.20. The molecular formula is C11H12BrClF3N. The SMILES string of the molecule is CN(CCC(F)(F)F)c1ccc(CCl)c(Br)c1. The van der Waals surface area contributed by atoms with Crippen LogP contribution in [0.4, 0.5) is 18.9 Å². The first kappa shape index (κ1) is 14.6. The van der Waals surface area contributed by atoms with Gasteiger partial charge in [0.15, 0.2) is 0 Å². The highest BCUT2D eigenvalue weighted by Crippen LogP contribution is 2.26. The van der Waals surface area contributed by atoms with Crippen molar-refractivity contribution in [2.75, 3.05) is 18.5 Å². The molecule has 0 aliphatic carbocycles. The van der Waals surface area contributed by atoms with E-state index in [4.69, 9.17) is 11.6 Å². The Hall–Kier alpha value is -0.420. The van der Waals surface area contributed by atoms with Crippen molar-refractivity contribution in [1.82, 2.24) is 0 Å². The summed E-state index contributed by atoms with van der Waals surface area (Å²) < 4.78 is 37.0. The Labute approximate surface area is 112 Å². The minimum Gasteiger partial charge on any atom is -0.374 e. The largest absolute Gasteiger partial charge is 0.390 e. The zero-order valence-corrected chi connectivity index (χ0v) is 11.5. The third kappa shape index (κ3) is 4.76. The Morgan fingerprint density at radius 1 is 1.35 bits per heavy atom. The molecule has 0 heterocycles. The Balaban J connectivity index is 2.69. The molecule has 0 saturated heterocycles. The van der Waals surface area contributed by atoms with E-state index in [1.54, 1.807) is 30.1 Å². The molecule has 0 unspecified atom stereocenters. The summed E-state index contributed by atoms with van der Waals surface area (Å²) in [7, 11) is 1.63. The van der Waals surface area contributed by atoms with E-state index in [0.29, 0.717) is 5.88 Å². The summed E-state index contributed by atoms with van der Waals surface area (Å²) in [6.45, 7) is -0.0594. The first-order valence-electron chi connectivity index (χ1n) is 4.96. The second kappa shape index (κ2) is 5.96. The van der Waals surface area contributed by atoms with Crippen LogP contribution in [-0.2, 0) is 5.88 Å². The van der Waals surface area contributed by atoms with Crippen molar-refractivity contribution in [3.05, 3.63) is 28.2 Å². The number of hydrogen-bond acceptors (Lipinski definition) is 1. The standard InChI is InChI=1S/C11H12BrClF3N/c1-17(5-4-11(14,15)16)9-3-2-8(7-13)10(12)6-9/h2-3,6H,4-5,7H2,1H3. The molecule has 0 fully saturated rings. The van der Waals surface area contributed by atoms with Crippen LogP contribution in [-0.4, -0.2) is 19.8 Å². The van der Waals surface area contributed by atoms with Crippen LogP contribution in [0.2, 0.25) is 0 Å². The van der Waals surface area contributed by atoms with E-state index in [2.05, 4.69) is 15.9 Å². The van der Waals surface area contributed by atoms with Gasteiger partial charge in [0.2, 0.25) is 0 Å². The van der Waals surface area contributed by atoms with Crippen molar-refractivity contribution >= 4 is 33.2 Å². The Morgan fingerprint density at radius 3 is 2.47 bits per heavy atom. The molecule has 1 nitrogen and oxygen atoms in total. The van der Waals surface area contributed by atoms with Gasteiger partial charge in [-0.1, -0.05) is 22.0 Å². The van der Waals surface area contributed by atoms with Crippen LogP contribution >= 0.6 is 27.5 Å². The topological polar surface area (TPSA) is 3.24 Å². The fourth-order valence-corrected chi connectivity index (χ4v) is 2.21. The summed E-state index contributed by atoms with van der Waals surface area (Å²) >= 11 is 9.03. The van der Waals surface area contributed by atoms with Gasteiger partial charge >= 0.3 is 6.18 Å². The van der Waals surface area contributed by atoms with E-state index >= 15 is 0 Å². The van der Waals surface area contributed by atoms with E-state index in [1.165, 1.54) is 0 Å². The van der Waals surface area contributed by atoms with Crippen molar-refractivity contribution in [1.29, 1.82) is 0 Å². The van der Waals surface area contributed by atoms with E-state index in [0.717, 1.165) is 15.7 Å². The van der Waals surface area contributed by atoms with Gasteiger partial charge in [0, 0.05) is 29.6 Å². The van der Waals surface area contributed by atoms with Gasteiger partial charge in [-0.3, -0.25) is 0 Å². The average molecular weight is 331 g/mol. The fraction of sp³-hybridized carbons (Fsp3) is 0.455. The number of rotatable bonds is 4. The van der Waals surface area contributed by atoms with Crippen molar-refractivity contribution < 1.29 is 13.2 Å². The quantitative estimate of drug-likeness (QED) is 0.731. The number of halogens is 5. The smallest absolute Gasteiger partial charge is 0.374 e. The van der Waals surface area contributed by atoms with Crippen LogP contribution in [0.3, 0.4) is 0 Å². The lowest BCUT2D eigenvalue weighted by molar-refractivity contribution is -0.132. The highest BCUT2D eigenvalue weighted by Gasteiger charge is 2.27. The molecule has 1 aromatic rings. The monoisotopic (exact) mass is 329 g/mol. The zero-order chi connectivity index (χ0) is 13.1. The second-order valence-corrected chi connectivity index (χ2v) is 4.82. The van der Waals surface area contributed by atoms with Gasteiger partial charge in [0.25, 0.3) is 0 Å². The molecule has 17 heavy (non-hydrogen) atoms. The Kier molecular flexibility index (Phi) is 5.13. The third-order valence-electron chi connectivity index (χ3n) is 2.35. The Bertz CT molecular complexity index is 381. The van der Waals surface area contributed by atoms with Crippen molar-refractivity contribution in [3.63, 3.8) is 0 Å². The summed E-state index contributed by atoms with van der Waals surface area (Å²) in [6, 6.07) is 5.34. The van der Waals surface area contributed by atoms with Crippen LogP contribution < -0.4 is 4.90 Å². The third-order valence-corrected chi connectivity index (χ3v) is 3.38. The molecule has 6 heteroatoms. The maximum atomic E-state index is 12.1. The van der Waals surface area contributed by atoms with Crippen LogP contribution in [0.25, 0.3) is 0 Å². The van der Waals surface area contributed by atoms with E-state index in [-0.39, 0.29) is 6.54 Å². The molecule has 1 aromatic carbocycles. The second-order valence-electron chi connectivity index (χ2n) is 3.70. The van der Waals surface area contributed by atoms with Crippen molar-refractivity contribution in [2.24, 2.45) is 0 Å². The minimum absolute atomic E-state index is 0.0594. The predicted molar refractivity (Wildman–Crippen MR) is 67.6 cm³/mol. The molecule has 0 amide bonds. The molecule has 0 aliphatic heterocycles. The van der Waals surface area contributed by atoms with E-state index in [1.807, 2.05) is 0 Å². The van der Waals surface area contributed by atoms with Gasteiger partial charge < -0.3 is 4.90 Å². The van der Waals surface area contributed by atoms with Crippen LogP contribution in [0, 0.1) is 0 Å². The van der Waals surface area contributed by atoms with Crippen LogP contribution in [0.1, 0.15) is 12.0 Å². The van der Waals surface area contributed by atoms with Gasteiger partial charge in [0.05, 0.1) is 6.42 Å². The van der Waals surface area contributed by atoms with Crippen LogP contribution in [0.15, 0.2) is 22.7 Å². The number of nitrogens with zero attached hydrogens (tertiary/aromatic N) is 1. The van der Waals surface area contributed by atoms with Crippen molar-refractivity contribution in [3.8, 4) is 0 Å². The molecule has 0 saturated carbocycles. The number of benzene rings is 1. The van der Waals surface area contributed by atoms with Crippen LogP contribution in [0.5, 0.6) is 0 Å². The van der Waals surface area contributed by atoms with Gasteiger partial charge in [-0.05, 0) is 17.7 Å². The van der Waals surface area contributed by atoms with Crippen molar-refractivity contribution in [2.45, 2.75) is 18.5 Å². The number of anilines is 1. The molecule has 0 radical (unpaired) electrons. The van der Waals surface area contributed by atoms with Gasteiger partial charge in [-0.25, -0.2) is 0 Å². The average Bonchev–Trinajstić information content (AvgIpc) is 2.24. The van der Waals surface area contributed by atoms with E-state index in [9.17, 15) is 13.2 Å². The molecule has 96 valence electrons. The lowest BCUT2D eigenvalue weighted by Crippen LogP contribution is -2.24. The fourth-order valence-electron chi connectivity index (χ4n) is 1.31. The summed E-state index contributed by atoms with van der Waals surface area (Å²) in [6.07, 6.45) is -4.94. The summed E-state index contributed by atoms with van der Waals surface area (Å²) in [4.78, 5) is 1.57. The predicted octanol–water partition coefficient (Wildman–Crippen LogP) is 4.58. The maximum Gasteiger partial charge on any atom is 0.390 e. The molecule has 0 atom stereocenters. The number of alkyl halides is 4. The molecule has 0 spiro atoms. The molecule has 0 aliphatic rings. The lowest BCUT2D eigenvalue weighted by atomic mass is 10.2. The van der Waals surface area contributed by atoms with Gasteiger partial charge in [-0.2, -0.15) is 13.2 Å². The maximum absolute atomic E-state index is 12.1. The zero-order valence-electron chi connectivity index (χ0n) is 9.19. The first-order valence-corrected chi connectivity index (χ1v) is 6.28. The molecule has 0 N–H and O–H groups in total. The molecular weight excluding hydrogens is 318 g/mol. The number of hydrogen-bond donors (Lipinski definition) is 0. The Morgan fingerprint density at radius 2 is 2.00 bits per heavy atom. The van der Waals surface area contributed by atoms with E-state index < -0.39 is 12.6 Å². The summed E-state index contributed by atoms with van der Waals surface area (Å²) in [5, 5.41) is 0.